The highest BCUT2D eigenvalue weighted by Crippen LogP contribution is 2.23. The van der Waals surface area contributed by atoms with Crippen molar-refractivity contribution < 1.29 is 4.74 Å². The summed E-state index contributed by atoms with van der Waals surface area (Å²) < 4.78 is 5.41. The van der Waals surface area contributed by atoms with Gasteiger partial charge in [-0.15, -0.1) is 0 Å². The first-order chi connectivity index (χ1) is 10.0. The summed E-state index contributed by atoms with van der Waals surface area (Å²) in [7, 11) is 3.74. The number of anilines is 2. The summed E-state index contributed by atoms with van der Waals surface area (Å²) in [5.74, 6) is 1.81. The minimum Gasteiger partial charge on any atom is -0.496 e. The van der Waals surface area contributed by atoms with Crippen molar-refractivity contribution in [2.75, 3.05) is 24.8 Å². The zero-order chi connectivity index (χ0) is 15.4. The van der Waals surface area contributed by atoms with Crippen molar-refractivity contribution in [3.05, 3.63) is 47.7 Å². The van der Waals surface area contributed by atoms with Crippen molar-refractivity contribution in [1.82, 2.24) is 4.98 Å². The monoisotopic (exact) mass is 285 g/mol. The van der Waals surface area contributed by atoms with Crippen LogP contribution >= 0.6 is 0 Å². The highest BCUT2D eigenvalue weighted by molar-refractivity contribution is 5.55. The van der Waals surface area contributed by atoms with Gasteiger partial charge in [-0.2, -0.15) is 0 Å². The van der Waals surface area contributed by atoms with Crippen LogP contribution in [-0.4, -0.2) is 25.2 Å². The van der Waals surface area contributed by atoms with Gasteiger partial charge in [0.15, 0.2) is 0 Å². The Labute approximate surface area is 126 Å². The number of benzene rings is 1. The standard InChI is InChI=1S/C17H23N3O/c1-12-11-19-17(10-15(12)18)20(3)13(2)9-14-7-5-6-8-16(14)21-4/h5-8,10-11,13H,9H2,1-4H3,(H2,18,19). The largest absolute Gasteiger partial charge is 0.496 e. The van der Waals surface area contributed by atoms with Crippen molar-refractivity contribution in [3.63, 3.8) is 0 Å². The number of pyridine rings is 1. The maximum Gasteiger partial charge on any atom is 0.130 e. The molecule has 0 amide bonds. The second kappa shape index (κ2) is 6.48. The Balaban J connectivity index is 2.15. The maximum atomic E-state index is 5.97. The lowest BCUT2D eigenvalue weighted by molar-refractivity contribution is 0.408. The summed E-state index contributed by atoms with van der Waals surface area (Å²) in [6.45, 7) is 4.13. The number of nitrogens with zero attached hydrogens (tertiary/aromatic N) is 2. The van der Waals surface area contributed by atoms with E-state index in [4.69, 9.17) is 10.5 Å². The summed E-state index contributed by atoms with van der Waals surface area (Å²) in [5.41, 5.74) is 8.94. The Hall–Kier alpha value is -2.23. The minimum absolute atomic E-state index is 0.288. The second-order valence-electron chi connectivity index (χ2n) is 5.37. The predicted molar refractivity (Wildman–Crippen MR) is 87.9 cm³/mol. The molecule has 1 atom stereocenters. The van der Waals surface area contributed by atoms with Crippen molar-refractivity contribution >= 4 is 11.5 Å². The molecule has 2 aromatic rings. The first-order valence-corrected chi connectivity index (χ1v) is 7.09. The van der Waals surface area contributed by atoms with Crippen molar-refractivity contribution in [3.8, 4) is 5.75 Å². The van der Waals surface area contributed by atoms with E-state index in [-0.39, 0.29) is 6.04 Å². The van der Waals surface area contributed by atoms with Gasteiger partial charge < -0.3 is 15.4 Å². The molecule has 21 heavy (non-hydrogen) atoms. The van der Waals surface area contributed by atoms with Crippen LogP contribution in [0, 0.1) is 6.92 Å². The maximum absolute atomic E-state index is 5.97. The highest BCUT2D eigenvalue weighted by atomic mass is 16.5. The molecule has 0 saturated heterocycles. The van der Waals surface area contributed by atoms with Gasteiger partial charge in [-0.25, -0.2) is 4.98 Å². The zero-order valence-corrected chi connectivity index (χ0v) is 13.1. The van der Waals surface area contributed by atoms with Gasteiger partial charge in [-0.3, -0.25) is 0 Å². The van der Waals surface area contributed by atoms with Crippen LogP contribution in [-0.2, 0) is 6.42 Å². The first kappa shape index (κ1) is 15.2. The normalized spacial score (nSPS) is 12.0. The fraction of sp³-hybridized carbons (Fsp3) is 0.353. The summed E-state index contributed by atoms with van der Waals surface area (Å²) in [5, 5.41) is 0. The van der Waals surface area contributed by atoms with Gasteiger partial charge in [0.2, 0.25) is 0 Å². The fourth-order valence-electron chi connectivity index (χ4n) is 2.27. The Bertz CT molecular complexity index is 613. The van der Waals surface area contributed by atoms with Crippen LogP contribution in [0.3, 0.4) is 0 Å². The molecule has 1 aromatic carbocycles. The molecule has 1 unspecified atom stereocenters. The lowest BCUT2D eigenvalue weighted by Crippen LogP contribution is -2.31. The molecule has 4 heteroatoms. The molecular formula is C17H23N3O. The summed E-state index contributed by atoms with van der Waals surface area (Å²) in [4.78, 5) is 6.60. The number of para-hydroxylation sites is 1. The van der Waals surface area contributed by atoms with Crippen LogP contribution in [0.4, 0.5) is 11.5 Å². The predicted octanol–water partition coefficient (Wildman–Crippen LogP) is 3.05. The average Bonchev–Trinajstić information content (AvgIpc) is 2.49. The van der Waals surface area contributed by atoms with Crippen molar-refractivity contribution in [1.29, 1.82) is 0 Å². The van der Waals surface area contributed by atoms with Crippen LogP contribution < -0.4 is 15.4 Å². The van der Waals surface area contributed by atoms with Gasteiger partial charge in [0.25, 0.3) is 0 Å². The minimum atomic E-state index is 0.288. The molecule has 0 fully saturated rings. The van der Waals surface area contributed by atoms with Gasteiger partial charge in [0.1, 0.15) is 11.6 Å². The van der Waals surface area contributed by atoms with E-state index in [9.17, 15) is 0 Å². The average molecular weight is 285 g/mol. The summed E-state index contributed by atoms with van der Waals surface area (Å²) in [6.07, 6.45) is 2.70. The number of nitrogen functional groups attached to an aromatic ring is 1. The molecule has 4 nitrogen and oxygen atoms in total. The molecule has 1 aromatic heterocycles. The van der Waals surface area contributed by atoms with Gasteiger partial charge in [-0.1, -0.05) is 18.2 Å². The number of nitrogens with two attached hydrogens (primary N) is 1. The van der Waals surface area contributed by atoms with Crippen LogP contribution in [0.25, 0.3) is 0 Å². The van der Waals surface area contributed by atoms with Crippen LogP contribution in [0.2, 0.25) is 0 Å². The van der Waals surface area contributed by atoms with E-state index in [0.717, 1.165) is 29.2 Å². The summed E-state index contributed by atoms with van der Waals surface area (Å²) in [6, 6.07) is 10.3. The van der Waals surface area contributed by atoms with E-state index in [1.165, 1.54) is 5.56 Å². The lowest BCUT2D eigenvalue weighted by Gasteiger charge is -2.27. The molecule has 0 spiro atoms. The first-order valence-electron chi connectivity index (χ1n) is 7.09. The number of aryl methyl sites for hydroxylation is 1. The summed E-state index contributed by atoms with van der Waals surface area (Å²) >= 11 is 0. The topological polar surface area (TPSA) is 51.4 Å². The Kier molecular flexibility index (Phi) is 4.68. The van der Waals surface area contributed by atoms with Crippen LogP contribution in [0.5, 0.6) is 5.75 Å². The van der Waals surface area contributed by atoms with E-state index in [0.29, 0.717) is 0 Å². The molecule has 1 heterocycles. The molecule has 2 rings (SSSR count). The lowest BCUT2D eigenvalue weighted by atomic mass is 10.0. The van der Waals surface area contributed by atoms with Crippen molar-refractivity contribution in [2.45, 2.75) is 26.3 Å². The highest BCUT2D eigenvalue weighted by Gasteiger charge is 2.14. The Morgan fingerprint density at radius 3 is 2.71 bits per heavy atom. The van der Waals surface area contributed by atoms with Crippen molar-refractivity contribution in [2.24, 2.45) is 0 Å². The number of hydrogen-bond donors (Lipinski definition) is 1. The molecule has 0 aliphatic heterocycles. The molecular weight excluding hydrogens is 262 g/mol. The van der Waals surface area contributed by atoms with E-state index in [1.54, 1.807) is 7.11 Å². The third-order valence-electron chi connectivity index (χ3n) is 3.86. The molecule has 0 bridgehead atoms. The fourth-order valence-corrected chi connectivity index (χ4v) is 2.27. The SMILES string of the molecule is COc1ccccc1CC(C)N(C)c1cc(N)c(C)cn1. The number of hydrogen-bond acceptors (Lipinski definition) is 4. The number of ether oxygens (including phenoxy) is 1. The Morgan fingerprint density at radius 1 is 1.33 bits per heavy atom. The third-order valence-corrected chi connectivity index (χ3v) is 3.86. The molecule has 2 N–H and O–H groups in total. The number of likely N-dealkylation sites (N-methyl/N-ethyl adjacent to an activating group) is 1. The molecule has 0 saturated carbocycles. The molecule has 112 valence electrons. The third kappa shape index (κ3) is 3.45. The molecule has 0 radical (unpaired) electrons. The van der Waals surface area contributed by atoms with E-state index in [2.05, 4.69) is 22.9 Å². The van der Waals surface area contributed by atoms with E-state index >= 15 is 0 Å². The molecule has 0 aliphatic carbocycles. The van der Waals surface area contributed by atoms with Crippen LogP contribution in [0.1, 0.15) is 18.1 Å². The quantitative estimate of drug-likeness (QED) is 0.917. The zero-order valence-electron chi connectivity index (χ0n) is 13.1. The van der Waals surface area contributed by atoms with Gasteiger partial charge in [0.05, 0.1) is 7.11 Å². The number of aromatic nitrogens is 1. The smallest absolute Gasteiger partial charge is 0.130 e. The number of methoxy groups -OCH3 is 1. The van der Waals surface area contributed by atoms with Gasteiger partial charge in [-0.05, 0) is 37.5 Å². The van der Waals surface area contributed by atoms with Gasteiger partial charge >= 0.3 is 0 Å². The van der Waals surface area contributed by atoms with E-state index in [1.807, 2.05) is 44.4 Å². The molecule has 0 aliphatic rings. The van der Waals surface area contributed by atoms with Gasteiger partial charge in [0, 0.05) is 31.0 Å². The Morgan fingerprint density at radius 2 is 2.05 bits per heavy atom. The second-order valence-corrected chi connectivity index (χ2v) is 5.37. The van der Waals surface area contributed by atoms with Crippen LogP contribution in [0.15, 0.2) is 36.5 Å². The number of rotatable bonds is 5. The van der Waals surface area contributed by atoms with E-state index < -0.39 is 0 Å².